The van der Waals surface area contributed by atoms with E-state index in [4.69, 9.17) is 0 Å². The molecule has 5 heteroatoms. The van der Waals surface area contributed by atoms with Crippen LogP contribution in [0.15, 0.2) is 18.2 Å². The van der Waals surface area contributed by atoms with Crippen molar-refractivity contribution < 1.29 is 18.7 Å². The van der Waals surface area contributed by atoms with Crippen molar-refractivity contribution in [3.63, 3.8) is 0 Å². The molecule has 0 aliphatic rings. The number of halogens is 1. The molecule has 0 spiro atoms. The molecule has 1 aromatic carbocycles. The van der Waals surface area contributed by atoms with Crippen molar-refractivity contribution in [3.05, 3.63) is 35.1 Å². The van der Waals surface area contributed by atoms with E-state index < -0.39 is 6.04 Å². The maximum absolute atomic E-state index is 13.2. The van der Waals surface area contributed by atoms with Crippen molar-refractivity contribution in [2.45, 2.75) is 32.7 Å². The molecule has 1 unspecified atom stereocenters. The van der Waals surface area contributed by atoms with Gasteiger partial charge in [0, 0.05) is 12.0 Å². The normalized spacial score (nSPS) is 12.0. The quantitative estimate of drug-likeness (QED) is 0.615. The monoisotopic (exact) mass is 281 g/mol. The summed E-state index contributed by atoms with van der Waals surface area (Å²) in [5.41, 5.74) is 0.874. The zero-order valence-corrected chi connectivity index (χ0v) is 12.0. The van der Waals surface area contributed by atoms with E-state index in [9.17, 15) is 14.0 Å². The molecule has 0 heterocycles. The van der Waals surface area contributed by atoms with Crippen LogP contribution in [0, 0.1) is 12.7 Å². The Morgan fingerprint density at radius 2 is 2.10 bits per heavy atom. The van der Waals surface area contributed by atoms with Gasteiger partial charge >= 0.3 is 5.97 Å². The molecule has 1 rings (SSSR count). The van der Waals surface area contributed by atoms with Gasteiger partial charge in [0.25, 0.3) is 0 Å². The first-order valence-electron chi connectivity index (χ1n) is 6.60. The standard InChI is InChI=1S/C15H20FNO3/c1-4-17-13(7-8-14(18)20-3)15(19)11-5-6-12(16)10(2)9-11/h5-6,9,13,17H,4,7-8H2,1-3H3. The molecular weight excluding hydrogens is 261 g/mol. The maximum atomic E-state index is 13.2. The van der Waals surface area contributed by atoms with Gasteiger partial charge in [0.05, 0.1) is 13.2 Å². The van der Waals surface area contributed by atoms with Crippen LogP contribution in [0.3, 0.4) is 0 Å². The molecule has 0 radical (unpaired) electrons. The van der Waals surface area contributed by atoms with E-state index in [1.54, 1.807) is 6.92 Å². The molecule has 1 atom stereocenters. The molecule has 0 saturated carbocycles. The van der Waals surface area contributed by atoms with Gasteiger partial charge in [0.15, 0.2) is 5.78 Å². The van der Waals surface area contributed by atoms with Crippen molar-refractivity contribution >= 4 is 11.8 Å². The fourth-order valence-electron chi connectivity index (χ4n) is 1.94. The lowest BCUT2D eigenvalue weighted by molar-refractivity contribution is -0.140. The first-order chi connectivity index (χ1) is 9.49. The molecule has 4 nitrogen and oxygen atoms in total. The fraction of sp³-hybridized carbons (Fsp3) is 0.467. The van der Waals surface area contributed by atoms with Crippen LogP contribution >= 0.6 is 0 Å². The second kappa shape index (κ2) is 7.75. The summed E-state index contributed by atoms with van der Waals surface area (Å²) in [6, 6.07) is 3.81. The SMILES string of the molecule is CCNC(CCC(=O)OC)C(=O)c1ccc(F)c(C)c1. The van der Waals surface area contributed by atoms with Crippen LogP contribution in [0.25, 0.3) is 0 Å². The summed E-state index contributed by atoms with van der Waals surface area (Å²) in [4.78, 5) is 23.5. The number of aryl methyl sites for hydroxylation is 1. The predicted molar refractivity (Wildman–Crippen MR) is 74.2 cm³/mol. The van der Waals surface area contributed by atoms with Crippen LogP contribution in [0.2, 0.25) is 0 Å². The molecule has 0 bridgehead atoms. The number of methoxy groups -OCH3 is 1. The van der Waals surface area contributed by atoms with Gasteiger partial charge in [0.2, 0.25) is 0 Å². The lowest BCUT2D eigenvalue weighted by Gasteiger charge is -2.16. The number of nitrogens with one attached hydrogen (secondary N) is 1. The van der Waals surface area contributed by atoms with Gasteiger partial charge in [-0.3, -0.25) is 9.59 Å². The van der Waals surface area contributed by atoms with Crippen molar-refractivity contribution in [1.82, 2.24) is 5.32 Å². The Balaban J connectivity index is 2.81. The number of hydrogen-bond acceptors (Lipinski definition) is 4. The number of likely N-dealkylation sites (N-methyl/N-ethyl adjacent to an activating group) is 1. The van der Waals surface area contributed by atoms with Crippen molar-refractivity contribution in [3.8, 4) is 0 Å². The van der Waals surface area contributed by atoms with Crippen LogP contribution in [-0.4, -0.2) is 31.4 Å². The summed E-state index contributed by atoms with van der Waals surface area (Å²) in [6.45, 7) is 4.11. The number of ketones is 1. The van der Waals surface area contributed by atoms with Gasteiger partial charge in [0.1, 0.15) is 5.82 Å². The Kier molecular flexibility index (Phi) is 6.31. The molecule has 0 aromatic heterocycles. The van der Waals surface area contributed by atoms with E-state index in [0.29, 0.717) is 24.1 Å². The number of carbonyl (C=O) groups is 2. The Morgan fingerprint density at radius 3 is 2.65 bits per heavy atom. The number of rotatable bonds is 7. The van der Waals surface area contributed by atoms with Crippen LogP contribution in [0.5, 0.6) is 0 Å². The highest BCUT2D eigenvalue weighted by atomic mass is 19.1. The van der Waals surface area contributed by atoms with E-state index in [1.807, 2.05) is 6.92 Å². The summed E-state index contributed by atoms with van der Waals surface area (Å²) >= 11 is 0. The molecule has 1 N–H and O–H groups in total. The smallest absolute Gasteiger partial charge is 0.305 e. The average Bonchev–Trinajstić information content (AvgIpc) is 2.45. The van der Waals surface area contributed by atoms with E-state index in [0.717, 1.165) is 0 Å². The summed E-state index contributed by atoms with van der Waals surface area (Å²) in [7, 11) is 1.32. The van der Waals surface area contributed by atoms with Crippen molar-refractivity contribution in [1.29, 1.82) is 0 Å². The van der Waals surface area contributed by atoms with E-state index >= 15 is 0 Å². The lowest BCUT2D eigenvalue weighted by atomic mass is 9.98. The van der Waals surface area contributed by atoms with Gasteiger partial charge in [-0.15, -0.1) is 0 Å². The van der Waals surface area contributed by atoms with Crippen LogP contribution in [0.1, 0.15) is 35.7 Å². The van der Waals surface area contributed by atoms with E-state index in [-0.39, 0.29) is 24.0 Å². The summed E-state index contributed by atoms with van der Waals surface area (Å²) in [5, 5.41) is 3.04. The summed E-state index contributed by atoms with van der Waals surface area (Å²) in [6.07, 6.45) is 0.524. The number of ether oxygens (including phenoxy) is 1. The van der Waals surface area contributed by atoms with Gasteiger partial charge in [-0.1, -0.05) is 6.92 Å². The van der Waals surface area contributed by atoms with Gasteiger partial charge < -0.3 is 10.1 Å². The minimum Gasteiger partial charge on any atom is -0.469 e. The third-order valence-corrected chi connectivity index (χ3v) is 3.07. The van der Waals surface area contributed by atoms with Crippen LogP contribution < -0.4 is 5.32 Å². The number of benzene rings is 1. The Morgan fingerprint density at radius 1 is 1.40 bits per heavy atom. The molecule has 0 aliphatic carbocycles. The largest absolute Gasteiger partial charge is 0.469 e. The second-order valence-electron chi connectivity index (χ2n) is 4.55. The highest BCUT2D eigenvalue weighted by Crippen LogP contribution is 2.13. The summed E-state index contributed by atoms with van der Waals surface area (Å²) in [5.74, 6) is -0.828. The third-order valence-electron chi connectivity index (χ3n) is 3.07. The summed E-state index contributed by atoms with van der Waals surface area (Å²) < 4.78 is 17.8. The predicted octanol–water partition coefficient (Wildman–Crippen LogP) is 2.25. The molecule has 0 amide bonds. The first-order valence-corrected chi connectivity index (χ1v) is 6.60. The highest BCUT2D eigenvalue weighted by molar-refractivity contribution is 6.00. The van der Waals surface area contributed by atoms with Gasteiger partial charge in [-0.25, -0.2) is 4.39 Å². The Hall–Kier alpha value is -1.75. The number of Topliss-reactive ketones (excluding diaryl/α,β-unsaturated/α-hetero) is 1. The second-order valence-corrected chi connectivity index (χ2v) is 4.55. The average molecular weight is 281 g/mol. The van der Waals surface area contributed by atoms with Crippen LogP contribution in [-0.2, 0) is 9.53 Å². The number of esters is 1. The number of hydrogen-bond donors (Lipinski definition) is 1. The highest BCUT2D eigenvalue weighted by Gasteiger charge is 2.20. The molecule has 20 heavy (non-hydrogen) atoms. The molecule has 1 aromatic rings. The molecule has 0 saturated heterocycles. The molecule has 110 valence electrons. The van der Waals surface area contributed by atoms with E-state index in [1.165, 1.54) is 25.3 Å². The van der Waals surface area contributed by atoms with Crippen molar-refractivity contribution in [2.75, 3.05) is 13.7 Å². The van der Waals surface area contributed by atoms with Gasteiger partial charge in [-0.05, 0) is 43.7 Å². The van der Waals surface area contributed by atoms with Gasteiger partial charge in [-0.2, -0.15) is 0 Å². The fourth-order valence-corrected chi connectivity index (χ4v) is 1.94. The van der Waals surface area contributed by atoms with E-state index in [2.05, 4.69) is 10.1 Å². The molecule has 0 aliphatic heterocycles. The first kappa shape index (κ1) is 16.3. The zero-order valence-electron chi connectivity index (χ0n) is 12.0. The maximum Gasteiger partial charge on any atom is 0.305 e. The number of carbonyl (C=O) groups excluding carboxylic acids is 2. The minimum atomic E-state index is -0.469. The lowest BCUT2D eigenvalue weighted by Crippen LogP contribution is -2.37. The van der Waals surface area contributed by atoms with Crippen LogP contribution in [0.4, 0.5) is 4.39 Å². The Bertz CT molecular complexity index is 488. The third kappa shape index (κ3) is 4.42. The minimum absolute atomic E-state index is 0.140. The molecular formula is C15H20FNO3. The Labute approximate surface area is 118 Å². The zero-order chi connectivity index (χ0) is 15.1. The topological polar surface area (TPSA) is 55.4 Å². The van der Waals surface area contributed by atoms with Crippen molar-refractivity contribution in [2.24, 2.45) is 0 Å². The molecule has 0 fully saturated rings.